The summed E-state index contributed by atoms with van der Waals surface area (Å²) in [6, 6.07) is 0. The Hall–Kier alpha value is -1.14. The molecule has 0 saturated carbocycles. The standard InChI is InChI=1S/C20H33F5O2/c1-2-3-4-5-6-7-8-9-10-11-12-13-14-15-16-27-18(26)20(24,25)19(22,23)17-21/h5-6H,2-4,7-17H2,1H3/b6-5-. The number of hydrogen-bond acceptors (Lipinski definition) is 2. The van der Waals surface area contributed by atoms with E-state index < -0.39 is 24.5 Å². The van der Waals surface area contributed by atoms with Gasteiger partial charge in [0.25, 0.3) is 0 Å². The number of halogens is 5. The zero-order chi connectivity index (χ0) is 20.6. The molecule has 2 nitrogen and oxygen atoms in total. The molecule has 0 heterocycles. The van der Waals surface area contributed by atoms with Gasteiger partial charge in [-0.3, -0.25) is 0 Å². The summed E-state index contributed by atoms with van der Waals surface area (Å²) in [6.45, 7) is -0.791. The molecule has 0 aliphatic heterocycles. The number of allylic oxidation sites excluding steroid dienone is 2. The van der Waals surface area contributed by atoms with Gasteiger partial charge in [0, 0.05) is 0 Å². The largest absolute Gasteiger partial charge is 0.461 e. The first-order chi connectivity index (χ1) is 12.8. The van der Waals surface area contributed by atoms with Crippen molar-refractivity contribution in [3.8, 4) is 0 Å². The van der Waals surface area contributed by atoms with Crippen molar-refractivity contribution in [2.75, 3.05) is 13.3 Å². The van der Waals surface area contributed by atoms with Crippen LogP contribution in [0, 0.1) is 0 Å². The fraction of sp³-hybridized carbons (Fsp3) is 0.850. The van der Waals surface area contributed by atoms with Gasteiger partial charge in [-0.25, -0.2) is 9.18 Å². The van der Waals surface area contributed by atoms with E-state index in [9.17, 15) is 26.7 Å². The second-order valence-electron chi connectivity index (χ2n) is 6.78. The molecular weight excluding hydrogens is 367 g/mol. The highest BCUT2D eigenvalue weighted by Crippen LogP contribution is 2.35. The van der Waals surface area contributed by atoms with Crippen LogP contribution in [0.4, 0.5) is 22.0 Å². The second-order valence-corrected chi connectivity index (χ2v) is 6.78. The fourth-order valence-electron chi connectivity index (χ4n) is 2.47. The van der Waals surface area contributed by atoms with Gasteiger partial charge in [0.1, 0.15) is 0 Å². The predicted octanol–water partition coefficient (Wildman–Crippen LogP) is 7.03. The van der Waals surface area contributed by atoms with E-state index in [1.165, 1.54) is 25.7 Å². The van der Waals surface area contributed by atoms with E-state index in [2.05, 4.69) is 23.8 Å². The van der Waals surface area contributed by atoms with Crippen molar-refractivity contribution in [3.05, 3.63) is 12.2 Å². The lowest BCUT2D eigenvalue weighted by molar-refractivity contribution is -0.232. The summed E-state index contributed by atoms with van der Waals surface area (Å²) < 4.78 is 67.4. The molecule has 0 amide bonds. The third kappa shape index (κ3) is 11.3. The van der Waals surface area contributed by atoms with Gasteiger partial charge in [-0.05, 0) is 25.7 Å². The Kier molecular flexibility index (Phi) is 14.2. The molecule has 7 heteroatoms. The maximum Gasteiger partial charge on any atom is 0.407 e. The van der Waals surface area contributed by atoms with Crippen molar-refractivity contribution < 1.29 is 31.5 Å². The van der Waals surface area contributed by atoms with E-state index >= 15 is 0 Å². The molecule has 0 aromatic carbocycles. The summed E-state index contributed by atoms with van der Waals surface area (Å²) in [7, 11) is 0. The number of alkyl halides is 5. The summed E-state index contributed by atoms with van der Waals surface area (Å²) in [4.78, 5) is 11.0. The van der Waals surface area contributed by atoms with Gasteiger partial charge in [-0.1, -0.05) is 70.4 Å². The van der Waals surface area contributed by atoms with E-state index in [1.807, 2.05) is 0 Å². The van der Waals surface area contributed by atoms with E-state index in [1.54, 1.807) is 0 Å². The number of ether oxygens (including phenoxy) is 1. The third-order valence-corrected chi connectivity index (χ3v) is 4.27. The predicted molar refractivity (Wildman–Crippen MR) is 97.0 cm³/mol. The minimum Gasteiger partial charge on any atom is -0.461 e. The van der Waals surface area contributed by atoms with Gasteiger partial charge in [-0.2, -0.15) is 17.6 Å². The van der Waals surface area contributed by atoms with Crippen LogP contribution in [-0.4, -0.2) is 31.1 Å². The molecule has 0 N–H and O–H groups in total. The number of rotatable bonds is 17. The normalized spacial score (nSPS) is 12.7. The van der Waals surface area contributed by atoms with Gasteiger partial charge in [0.2, 0.25) is 0 Å². The molecule has 27 heavy (non-hydrogen) atoms. The summed E-state index contributed by atoms with van der Waals surface area (Å²) >= 11 is 0. The first-order valence-corrected chi connectivity index (χ1v) is 9.93. The highest BCUT2D eigenvalue weighted by molar-refractivity contribution is 5.78. The van der Waals surface area contributed by atoms with E-state index in [0.717, 1.165) is 38.5 Å². The Morgan fingerprint density at radius 1 is 0.815 bits per heavy atom. The molecule has 0 saturated heterocycles. The molecule has 0 fully saturated rings. The Morgan fingerprint density at radius 3 is 1.81 bits per heavy atom. The van der Waals surface area contributed by atoms with Crippen LogP contribution in [0.2, 0.25) is 0 Å². The summed E-state index contributed by atoms with van der Waals surface area (Å²) in [5.41, 5.74) is 0. The van der Waals surface area contributed by atoms with E-state index in [0.29, 0.717) is 12.8 Å². The minimum absolute atomic E-state index is 0.325. The highest BCUT2D eigenvalue weighted by Gasteiger charge is 2.63. The lowest BCUT2D eigenvalue weighted by atomic mass is 10.1. The first kappa shape index (κ1) is 25.9. The number of carbonyl (C=O) groups excluding carboxylic acids is 1. The van der Waals surface area contributed by atoms with Crippen LogP contribution in [0.5, 0.6) is 0 Å². The number of hydrogen-bond donors (Lipinski definition) is 0. The molecule has 0 aromatic rings. The Balaban J connectivity index is 3.53. The molecule has 0 aliphatic carbocycles. The topological polar surface area (TPSA) is 26.3 Å². The molecular formula is C20H33F5O2. The molecule has 0 spiro atoms. The quantitative estimate of drug-likeness (QED) is 0.113. The lowest BCUT2D eigenvalue weighted by Crippen LogP contribution is -2.49. The van der Waals surface area contributed by atoms with Crippen molar-refractivity contribution >= 4 is 5.97 Å². The highest BCUT2D eigenvalue weighted by atomic mass is 19.3. The van der Waals surface area contributed by atoms with Gasteiger partial charge >= 0.3 is 17.8 Å². The average Bonchev–Trinajstić information content (AvgIpc) is 2.64. The summed E-state index contributed by atoms with van der Waals surface area (Å²) in [6.07, 6.45) is 16.6. The summed E-state index contributed by atoms with van der Waals surface area (Å²) in [5.74, 6) is -12.5. The van der Waals surface area contributed by atoms with Crippen LogP contribution in [0.15, 0.2) is 12.2 Å². The molecule has 0 aliphatic rings. The average molecular weight is 400 g/mol. The van der Waals surface area contributed by atoms with Crippen molar-refractivity contribution in [1.29, 1.82) is 0 Å². The smallest absolute Gasteiger partial charge is 0.407 e. The minimum atomic E-state index is -5.13. The summed E-state index contributed by atoms with van der Waals surface area (Å²) in [5, 5.41) is 0. The molecule has 0 rings (SSSR count). The number of carbonyl (C=O) groups is 1. The fourth-order valence-corrected chi connectivity index (χ4v) is 2.47. The van der Waals surface area contributed by atoms with Crippen LogP contribution < -0.4 is 0 Å². The van der Waals surface area contributed by atoms with Gasteiger partial charge in [-0.15, -0.1) is 0 Å². The second kappa shape index (κ2) is 14.9. The first-order valence-electron chi connectivity index (χ1n) is 9.93. The van der Waals surface area contributed by atoms with Crippen LogP contribution in [0.25, 0.3) is 0 Å². The molecule has 160 valence electrons. The van der Waals surface area contributed by atoms with Crippen molar-refractivity contribution in [3.63, 3.8) is 0 Å². The lowest BCUT2D eigenvalue weighted by Gasteiger charge is -2.22. The molecule has 0 radical (unpaired) electrons. The van der Waals surface area contributed by atoms with E-state index in [4.69, 9.17) is 0 Å². The Morgan fingerprint density at radius 2 is 1.30 bits per heavy atom. The van der Waals surface area contributed by atoms with Gasteiger partial charge in [0.15, 0.2) is 6.67 Å². The zero-order valence-corrected chi connectivity index (χ0v) is 16.3. The number of unbranched alkanes of at least 4 members (excludes halogenated alkanes) is 10. The zero-order valence-electron chi connectivity index (χ0n) is 16.3. The Bertz CT molecular complexity index is 411. The van der Waals surface area contributed by atoms with Crippen molar-refractivity contribution in [1.82, 2.24) is 0 Å². The monoisotopic (exact) mass is 400 g/mol. The number of esters is 1. The van der Waals surface area contributed by atoms with Crippen LogP contribution in [0.3, 0.4) is 0 Å². The van der Waals surface area contributed by atoms with Crippen LogP contribution >= 0.6 is 0 Å². The molecule has 0 atom stereocenters. The SMILES string of the molecule is CCCC/C=C\CCCCCCCCCCOC(=O)C(F)(F)C(F)(F)CF. The van der Waals surface area contributed by atoms with Gasteiger partial charge < -0.3 is 4.74 Å². The van der Waals surface area contributed by atoms with Crippen LogP contribution in [-0.2, 0) is 9.53 Å². The van der Waals surface area contributed by atoms with Crippen molar-refractivity contribution in [2.24, 2.45) is 0 Å². The molecule has 0 unspecified atom stereocenters. The molecule has 0 aromatic heterocycles. The Labute approximate surface area is 159 Å². The van der Waals surface area contributed by atoms with Gasteiger partial charge in [0.05, 0.1) is 6.61 Å². The maximum atomic E-state index is 13.0. The maximum absolute atomic E-state index is 13.0. The third-order valence-electron chi connectivity index (χ3n) is 4.27. The molecule has 0 bridgehead atoms. The van der Waals surface area contributed by atoms with Crippen molar-refractivity contribution in [2.45, 2.75) is 95.8 Å². The van der Waals surface area contributed by atoms with Crippen LogP contribution in [0.1, 0.15) is 84.0 Å². The van der Waals surface area contributed by atoms with E-state index in [-0.39, 0.29) is 6.61 Å².